The highest BCUT2D eigenvalue weighted by atomic mass is 16.3. The van der Waals surface area contributed by atoms with Crippen LogP contribution in [0.3, 0.4) is 0 Å². The minimum absolute atomic E-state index is 0.172. The summed E-state index contributed by atoms with van der Waals surface area (Å²) < 4.78 is 2.02. The lowest BCUT2D eigenvalue weighted by Gasteiger charge is -2.37. The lowest BCUT2D eigenvalue weighted by molar-refractivity contribution is -0.135. The fourth-order valence-electron chi connectivity index (χ4n) is 9.15. The number of imide groups is 1. The number of hydrogen-bond acceptors (Lipinski definition) is 11. The fraction of sp³-hybridized carbons (Fsp3) is 0.356. The highest BCUT2D eigenvalue weighted by Crippen LogP contribution is 2.35. The van der Waals surface area contributed by atoms with E-state index < -0.39 is 6.04 Å². The van der Waals surface area contributed by atoms with Crippen LogP contribution < -0.4 is 20.9 Å². The Kier molecular flexibility index (Phi) is 10.4. The van der Waals surface area contributed by atoms with Gasteiger partial charge in [0.25, 0.3) is 0 Å². The summed E-state index contributed by atoms with van der Waals surface area (Å²) in [6.45, 7) is 8.38. The molecule has 13 nitrogen and oxygen atoms in total. The number of hydrogen-bond donors (Lipinski definition) is 3. The number of aromatic nitrogens is 4. The molecule has 3 aliphatic heterocycles. The molecule has 1 atom stereocenters. The van der Waals surface area contributed by atoms with Gasteiger partial charge in [-0.25, -0.2) is 4.98 Å². The van der Waals surface area contributed by atoms with E-state index in [1.165, 1.54) is 29.7 Å². The van der Waals surface area contributed by atoms with Gasteiger partial charge in [-0.15, -0.1) is 10.2 Å². The van der Waals surface area contributed by atoms with Crippen LogP contribution in [0.2, 0.25) is 0 Å². The molecule has 2 amide bonds. The number of fused-ring (bicyclic) bond motifs is 3. The zero-order valence-electron chi connectivity index (χ0n) is 32.9. The number of phenols is 1. The Morgan fingerprint density at radius 3 is 2.36 bits per heavy atom. The van der Waals surface area contributed by atoms with Gasteiger partial charge >= 0.3 is 0 Å². The predicted octanol–water partition coefficient (Wildman–Crippen LogP) is 5.58. The molecular formula is C45H50N10O3. The van der Waals surface area contributed by atoms with Crippen LogP contribution in [-0.4, -0.2) is 99.3 Å². The summed E-state index contributed by atoms with van der Waals surface area (Å²) in [6.07, 6.45) is 4.92. The zero-order valence-corrected chi connectivity index (χ0v) is 32.9. The topological polar surface area (TPSA) is 149 Å². The van der Waals surface area contributed by atoms with E-state index in [1.54, 1.807) is 18.3 Å². The van der Waals surface area contributed by atoms with Gasteiger partial charge in [-0.2, -0.15) is 0 Å². The van der Waals surface area contributed by atoms with Crippen molar-refractivity contribution in [1.82, 2.24) is 34.9 Å². The second-order valence-corrected chi connectivity index (χ2v) is 16.1. The van der Waals surface area contributed by atoms with Crippen LogP contribution >= 0.6 is 0 Å². The number of para-hydroxylation sites is 1. The quantitative estimate of drug-likeness (QED) is 0.150. The molecular weight excluding hydrogens is 729 g/mol. The highest BCUT2D eigenvalue weighted by Gasteiger charge is 2.31. The molecule has 0 spiro atoms. The minimum atomic E-state index is -0.450. The lowest BCUT2D eigenvalue weighted by Crippen LogP contribution is -2.46. The number of carbonyl (C=O) groups excluding carboxylic acids is 2. The SMILES string of the molecule is CN(Cc1ccc(N2CCN(c3cc(-c4ccccc4O)nnc3N)CC2)cc1)CC1CCN(Cc2ccc3c(c2)c2cccnc2n3C2CCC(=O)NC2=O)CC1. The van der Waals surface area contributed by atoms with Gasteiger partial charge in [0.05, 0.1) is 16.9 Å². The molecule has 4 N–H and O–H groups in total. The molecule has 3 aromatic heterocycles. The van der Waals surface area contributed by atoms with Crippen molar-refractivity contribution >= 4 is 50.9 Å². The molecule has 1 unspecified atom stereocenters. The Morgan fingerprint density at radius 1 is 0.828 bits per heavy atom. The van der Waals surface area contributed by atoms with E-state index in [2.05, 4.69) is 95.7 Å². The summed E-state index contributed by atoms with van der Waals surface area (Å²) >= 11 is 0. The van der Waals surface area contributed by atoms with Gasteiger partial charge in [-0.1, -0.05) is 30.3 Å². The third-order valence-corrected chi connectivity index (χ3v) is 12.2. The summed E-state index contributed by atoms with van der Waals surface area (Å²) in [5, 5.41) is 23.4. The van der Waals surface area contributed by atoms with Crippen LogP contribution in [0.1, 0.15) is 42.9 Å². The van der Waals surface area contributed by atoms with Crippen LogP contribution in [0.15, 0.2) is 91.1 Å². The van der Waals surface area contributed by atoms with Crippen molar-refractivity contribution in [3.8, 4) is 17.0 Å². The van der Waals surface area contributed by atoms with E-state index in [4.69, 9.17) is 5.73 Å². The normalized spacial score (nSPS) is 18.4. The number of likely N-dealkylation sites (tertiary alicyclic amines) is 1. The maximum Gasteiger partial charge on any atom is 0.249 e. The number of benzene rings is 3. The molecule has 3 fully saturated rings. The number of nitrogens with one attached hydrogen (secondary N) is 1. The number of nitrogens with two attached hydrogens (primary N) is 1. The number of piperazine rings is 1. The van der Waals surface area contributed by atoms with Crippen molar-refractivity contribution < 1.29 is 14.7 Å². The number of anilines is 3. The first-order valence-corrected chi connectivity index (χ1v) is 20.4. The molecule has 0 aliphatic carbocycles. The number of carbonyl (C=O) groups is 2. The first-order chi connectivity index (χ1) is 28.3. The molecule has 3 aromatic carbocycles. The Labute approximate surface area is 338 Å². The number of pyridine rings is 1. The summed E-state index contributed by atoms with van der Waals surface area (Å²) in [6, 6.07) is 28.2. The third kappa shape index (κ3) is 7.67. The van der Waals surface area contributed by atoms with E-state index in [0.717, 1.165) is 86.5 Å². The number of aromatic hydroxyl groups is 1. The van der Waals surface area contributed by atoms with Crippen LogP contribution in [0, 0.1) is 5.92 Å². The summed E-state index contributed by atoms with van der Waals surface area (Å²) in [5.41, 5.74) is 13.9. The monoisotopic (exact) mass is 778 g/mol. The number of piperidine rings is 2. The Hall–Kier alpha value is -6.05. The summed E-state index contributed by atoms with van der Waals surface area (Å²) in [5.74, 6) is 0.764. The number of nitrogens with zero attached hydrogens (tertiary/aromatic N) is 8. The van der Waals surface area contributed by atoms with E-state index in [0.29, 0.717) is 35.8 Å². The Morgan fingerprint density at radius 2 is 1.59 bits per heavy atom. The fourth-order valence-corrected chi connectivity index (χ4v) is 9.15. The third-order valence-electron chi connectivity index (χ3n) is 12.2. The maximum absolute atomic E-state index is 12.9. The van der Waals surface area contributed by atoms with Crippen LogP contribution in [-0.2, 0) is 22.7 Å². The minimum Gasteiger partial charge on any atom is -0.507 e. The van der Waals surface area contributed by atoms with Crippen molar-refractivity contribution in [2.45, 2.75) is 44.8 Å². The molecule has 13 heteroatoms. The van der Waals surface area contributed by atoms with Gasteiger partial charge in [0.1, 0.15) is 17.4 Å². The lowest BCUT2D eigenvalue weighted by atomic mass is 9.95. The molecule has 3 aliphatic rings. The summed E-state index contributed by atoms with van der Waals surface area (Å²) in [7, 11) is 2.24. The van der Waals surface area contributed by atoms with Gasteiger partial charge in [-0.3, -0.25) is 19.8 Å². The average Bonchev–Trinajstić information content (AvgIpc) is 3.56. The van der Waals surface area contributed by atoms with Crippen LogP contribution in [0.4, 0.5) is 17.2 Å². The predicted molar refractivity (Wildman–Crippen MR) is 227 cm³/mol. The van der Waals surface area contributed by atoms with Gasteiger partial charge in [0.2, 0.25) is 11.8 Å². The van der Waals surface area contributed by atoms with Crippen LogP contribution in [0.25, 0.3) is 33.2 Å². The van der Waals surface area contributed by atoms with Gasteiger partial charge in [-0.05, 0) is 111 Å². The molecule has 58 heavy (non-hydrogen) atoms. The number of amides is 2. The molecule has 9 rings (SSSR count). The smallest absolute Gasteiger partial charge is 0.249 e. The van der Waals surface area contributed by atoms with Crippen molar-refractivity contribution in [3.05, 3.63) is 102 Å². The number of nitrogen functional groups attached to an aromatic ring is 1. The van der Waals surface area contributed by atoms with Crippen molar-refractivity contribution in [1.29, 1.82) is 0 Å². The van der Waals surface area contributed by atoms with Crippen molar-refractivity contribution in [2.75, 3.05) is 68.4 Å². The molecule has 6 aromatic rings. The largest absolute Gasteiger partial charge is 0.507 e. The second kappa shape index (κ2) is 16.1. The first-order valence-electron chi connectivity index (χ1n) is 20.4. The number of phenolic OH excluding ortho intramolecular Hbond substituents is 1. The van der Waals surface area contributed by atoms with E-state index in [1.807, 2.05) is 28.8 Å². The number of rotatable bonds is 10. The molecule has 3 saturated heterocycles. The molecule has 0 radical (unpaired) electrons. The summed E-state index contributed by atoms with van der Waals surface area (Å²) in [4.78, 5) is 39.1. The maximum atomic E-state index is 12.9. The van der Waals surface area contributed by atoms with E-state index >= 15 is 0 Å². The Balaban J connectivity index is 0.755. The standard InChI is InChI=1S/C45H50N10O3/c1-51(27-30-8-11-33(12-9-30)53-21-23-54(24-22-53)40-26-37(49-50-43(40)46)35-5-2-3-7-41(35)56)28-31-16-19-52(20-17-31)29-32-10-13-38-36(25-32)34-6-4-18-47-44(34)55(38)39-14-15-42(57)48-45(39)58/h2-13,18,25-26,31,39,56H,14-17,19-24,27-29H2,1H3,(H2,46,50)(H,48,57,58). The van der Waals surface area contributed by atoms with Gasteiger partial charge < -0.3 is 30.1 Å². The average molecular weight is 779 g/mol. The van der Waals surface area contributed by atoms with Crippen molar-refractivity contribution in [3.63, 3.8) is 0 Å². The molecule has 298 valence electrons. The molecule has 0 bridgehead atoms. The zero-order chi connectivity index (χ0) is 39.8. The van der Waals surface area contributed by atoms with Gasteiger partial charge in [0, 0.05) is 80.5 Å². The second-order valence-electron chi connectivity index (χ2n) is 16.1. The highest BCUT2D eigenvalue weighted by molar-refractivity contribution is 6.09. The van der Waals surface area contributed by atoms with Crippen molar-refractivity contribution in [2.24, 2.45) is 5.92 Å². The molecule has 6 heterocycles. The van der Waals surface area contributed by atoms with Crippen LogP contribution in [0.5, 0.6) is 5.75 Å². The first kappa shape index (κ1) is 37.5. The van der Waals surface area contributed by atoms with E-state index in [9.17, 15) is 14.7 Å². The molecule has 0 saturated carbocycles. The van der Waals surface area contributed by atoms with Gasteiger partial charge in [0.15, 0.2) is 5.82 Å². The van der Waals surface area contributed by atoms with E-state index in [-0.39, 0.29) is 17.6 Å². The Bertz CT molecular complexity index is 2450.